The van der Waals surface area contributed by atoms with Gasteiger partial charge in [0.15, 0.2) is 4.80 Å². The van der Waals surface area contributed by atoms with Gasteiger partial charge < -0.3 is 18.8 Å². The van der Waals surface area contributed by atoms with Gasteiger partial charge in [0, 0.05) is 41.4 Å². The van der Waals surface area contributed by atoms with Crippen molar-refractivity contribution in [3.8, 4) is 5.75 Å². The van der Waals surface area contributed by atoms with Crippen molar-refractivity contribution in [1.82, 2.24) is 9.13 Å². The molecule has 44 heavy (non-hydrogen) atoms. The van der Waals surface area contributed by atoms with Crippen LogP contribution in [0.3, 0.4) is 0 Å². The summed E-state index contributed by atoms with van der Waals surface area (Å²) in [5.74, 6) is 0.0112. The molecule has 3 aromatic carbocycles. The van der Waals surface area contributed by atoms with E-state index in [4.69, 9.17) is 19.2 Å². The van der Waals surface area contributed by atoms with E-state index < -0.39 is 12.0 Å². The molecule has 0 radical (unpaired) electrons. The van der Waals surface area contributed by atoms with Crippen molar-refractivity contribution in [2.24, 2.45) is 4.99 Å². The van der Waals surface area contributed by atoms with Gasteiger partial charge in [-0.15, -0.1) is 0 Å². The van der Waals surface area contributed by atoms with Crippen LogP contribution in [-0.2, 0) is 20.8 Å². The lowest BCUT2D eigenvalue weighted by atomic mass is 9.95. The molecule has 5 aromatic rings. The van der Waals surface area contributed by atoms with Gasteiger partial charge in [-0.05, 0) is 37.6 Å². The first kappa shape index (κ1) is 29.3. The minimum atomic E-state index is -0.778. The molecule has 1 unspecified atom stereocenters. The number of hydrogen-bond donors (Lipinski definition) is 0. The summed E-state index contributed by atoms with van der Waals surface area (Å²) in [7, 11) is 3.12. The number of hydrogen-bond acceptors (Lipinski definition) is 7. The molecule has 0 N–H and O–H groups in total. The number of methoxy groups -OCH3 is 2. The number of aromatic nitrogens is 2. The Labute approximate surface area is 258 Å². The van der Waals surface area contributed by atoms with Crippen LogP contribution < -0.4 is 19.6 Å². The van der Waals surface area contributed by atoms with E-state index in [9.17, 15) is 9.59 Å². The molecule has 0 amide bonds. The number of rotatable bonds is 9. The smallest absolute Gasteiger partial charge is 0.338 e. The van der Waals surface area contributed by atoms with Gasteiger partial charge in [-0.25, -0.2) is 9.79 Å². The maximum atomic E-state index is 14.3. The van der Waals surface area contributed by atoms with Crippen LogP contribution in [0.2, 0.25) is 0 Å². The molecule has 6 rings (SSSR count). The SMILES string of the molecule is COCCOC(=O)C1=C(C)N=c2sc(=Cc3c(C)n(Cc4ccccc4)c4ccccc34)c(=O)n2C1c1ccccc1OC. The number of thiazole rings is 1. The van der Waals surface area contributed by atoms with E-state index >= 15 is 0 Å². The minimum Gasteiger partial charge on any atom is -0.496 e. The zero-order valence-corrected chi connectivity index (χ0v) is 25.9. The molecule has 0 fully saturated rings. The first-order valence-electron chi connectivity index (χ1n) is 14.4. The molecule has 9 heteroatoms. The molecule has 224 valence electrons. The number of carbonyl (C=O) groups excluding carboxylic acids is 1. The summed E-state index contributed by atoms with van der Waals surface area (Å²) in [6.07, 6.45) is 1.96. The number of allylic oxidation sites excluding steroid dienone is 1. The van der Waals surface area contributed by atoms with E-state index in [1.165, 1.54) is 16.9 Å². The van der Waals surface area contributed by atoms with E-state index in [1.807, 2.05) is 60.7 Å². The van der Waals surface area contributed by atoms with Gasteiger partial charge in [-0.1, -0.05) is 78.1 Å². The molecule has 8 nitrogen and oxygen atoms in total. The maximum absolute atomic E-state index is 14.3. The topological polar surface area (TPSA) is 84.0 Å². The molecule has 0 spiro atoms. The van der Waals surface area contributed by atoms with Gasteiger partial charge in [-0.3, -0.25) is 9.36 Å². The van der Waals surface area contributed by atoms with Gasteiger partial charge in [0.1, 0.15) is 18.4 Å². The first-order chi connectivity index (χ1) is 21.4. The monoisotopic (exact) mass is 607 g/mol. The van der Waals surface area contributed by atoms with Crippen molar-refractivity contribution in [2.75, 3.05) is 27.4 Å². The zero-order valence-electron chi connectivity index (χ0n) is 25.1. The Kier molecular flexibility index (Phi) is 8.32. The predicted octanol–water partition coefficient (Wildman–Crippen LogP) is 4.74. The van der Waals surface area contributed by atoms with Gasteiger partial charge in [0.05, 0.1) is 29.5 Å². The van der Waals surface area contributed by atoms with Crippen LogP contribution in [0, 0.1) is 6.92 Å². The molecule has 3 heterocycles. The third kappa shape index (κ3) is 5.29. The summed E-state index contributed by atoms with van der Waals surface area (Å²) < 4.78 is 20.7. The second-order valence-corrected chi connectivity index (χ2v) is 11.5. The van der Waals surface area contributed by atoms with Crippen LogP contribution >= 0.6 is 11.3 Å². The molecular weight excluding hydrogens is 574 g/mol. The standard InChI is InChI=1S/C35H33N3O5S/c1-22-31(34(40)43-19-18-41-3)32(26-15-9-11-17-29(26)42-4)38-33(39)30(44-35(38)36-22)20-27-23(2)37(21-24-12-6-5-7-13-24)28-16-10-8-14-25(27)28/h5-17,20,32H,18-19,21H2,1-4H3. The van der Waals surface area contributed by atoms with E-state index in [-0.39, 0.29) is 18.8 Å². The lowest BCUT2D eigenvalue weighted by molar-refractivity contribution is -0.140. The number of ether oxygens (including phenoxy) is 3. The van der Waals surface area contributed by atoms with E-state index in [2.05, 4.69) is 35.8 Å². The summed E-state index contributed by atoms with van der Waals surface area (Å²) in [5.41, 5.74) is 5.54. The fourth-order valence-electron chi connectivity index (χ4n) is 5.81. The quantitative estimate of drug-likeness (QED) is 0.179. The van der Waals surface area contributed by atoms with Crippen LogP contribution in [0.5, 0.6) is 5.75 Å². The molecule has 0 aliphatic carbocycles. The molecule has 2 aromatic heterocycles. The Morgan fingerprint density at radius 3 is 2.45 bits per heavy atom. The number of para-hydroxylation sites is 2. The molecule has 0 bridgehead atoms. The summed E-state index contributed by atoms with van der Waals surface area (Å²) >= 11 is 1.31. The van der Waals surface area contributed by atoms with Crippen molar-refractivity contribution < 1.29 is 19.0 Å². The Morgan fingerprint density at radius 1 is 0.955 bits per heavy atom. The Bertz CT molecular complexity index is 2070. The van der Waals surface area contributed by atoms with Crippen LogP contribution in [0.4, 0.5) is 0 Å². The van der Waals surface area contributed by atoms with E-state index in [1.54, 1.807) is 25.7 Å². The Hall–Kier alpha value is -4.73. The van der Waals surface area contributed by atoms with Crippen LogP contribution in [0.25, 0.3) is 17.0 Å². The lowest BCUT2D eigenvalue weighted by Gasteiger charge is -2.26. The molecule has 1 atom stereocenters. The van der Waals surface area contributed by atoms with E-state index in [0.29, 0.717) is 38.5 Å². The van der Waals surface area contributed by atoms with Crippen LogP contribution in [0.1, 0.15) is 35.3 Å². The Morgan fingerprint density at radius 2 is 1.68 bits per heavy atom. The highest BCUT2D eigenvalue weighted by atomic mass is 32.1. The Balaban J connectivity index is 1.54. The second kappa shape index (κ2) is 12.5. The summed E-state index contributed by atoms with van der Waals surface area (Å²) in [5, 5.41) is 1.06. The fourth-order valence-corrected chi connectivity index (χ4v) is 6.83. The zero-order chi connectivity index (χ0) is 30.8. The van der Waals surface area contributed by atoms with Crippen molar-refractivity contribution in [2.45, 2.75) is 26.4 Å². The van der Waals surface area contributed by atoms with Crippen molar-refractivity contribution in [3.63, 3.8) is 0 Å². The fraction of sp³-hybridized carbons (Fsp3) is 0.229. The third-order valence-electron chi connectivity index (χ3n) is 7.93. The largest absolute Gasteiger partial charge is 0.496 e. The number of carbonyl (C=O) groups is 1. The van der Waals surface area contributed by atoms with Gasteiger partial charge in [0.25, 0.3) is 5.56 Å². The highest BCUT2D eigenvalue weighted by Crippen LogP contribution is 2.36. The van der Waals surface area contributed by atoms with Crippen molar-refractivity contribution in [1.29, 1.82) is 0 Å². The third-order valence-corrected chi connectivity index (χ3v) is 8.92. The number of fused-ring (bicyclic) bond motifs is 2. The highest BCUT2D eigenvalue weighted by molar-refractivity contribution is 7.07. The second-order valence-electron chi connectivity index (χ2n) is 10.5. The van der Waals surface area contributed by atoms with Gasteiger partial charge >= 0.3 is 5.97 Å². The normalized spacial score (nSPS) is 14.9. The number of nitrogens with zero attached hydrogens (tertiary/aromatic N) is 3. The van der Waals surface area contributed by atoms with Crippen molar-refractivity contribution >= 4 is 34.3 Å². The summed E-state index contributed by atoms with van der Waals surface area (Å²) in [6, 6.07) is 25.2. The first-order valence-corrected chi connectivity index (χ1v) is 15.2. The molecule has 1 aliphatic rings. The lowest BCUT2D eigenvalue weighted by Crippen LogP contribution is -2.40. The molecule has 0 saturated carbocycles. The van der Waals surface area contributed by atoms with Crippen LogP contribution in [-0.4, -0.2) is 42.5 Å². The average Bonchev–Trinajstić information content (AvgIpc) is 3.49. The maximum Gasteiger partial charge on any atom is 0.338 e. The van der Waals surface area contributed by atoms with Crippen molar-refractivity contribution in [3.05, 3.63) is 132 Å². The molecule has 1 aliphatic heterocycles. The number of esters is 1. The van der Waals surface area contributed by atoms with Gasteiger partial charge in [0.2, 0.25) is 0 Å². The van der Waals surface area contributed by atoms with E-state index in [0.717, 1.165) is 22.2 Å². The summed E-state index contributed by atoms with van der Waals surface area (Å²) in [4.78, 5) is 33.0. The average molecular weight is 608 g/mol. The van der Waals surface area contributed by atoms with Gasteiger partial charge in [-0.2, -0.15) is 0 Å². The minimum absolute atomic E-state index is 0.0848. The molecule has 0 saturated heterocycles. The van der Waals surface area contributed by atoms with Crippen LogP contribution in [0.15, 0.2) is 99.9 Å². The predicted molar refractivity (Wildman–Crippen MR) is 172 cm³/mol. The highest BCUT2D eigenvalue weighted by Gasteiger charge is 2.35. The summed E-state index contributed by atoms with van der Waals surface area (Å²) in [6.45, 7) is 4.91. The molecular formula is C35H33N3O5S. The number of benzene rings is 3.